The lowest BCUT2D eigenvalue weighted by molar-refractivity contribution is -0.136. The van der Waals surface area contributed by atoms with Crippen LogP contribution in [0.3, 0.4) is 0 Å². The van der Waals surface area contributed by atoms with Crippen molar-refractivity contribution in [3.63, 3.8) is 0 Å². The molecule has 7 heteroatoms. The predicted molar refractivity (Wildman–Crippen MR) is 142 cm³/mol. The summed E-state index contributed by atoms with van der Waals surface area (Å²) in [5.74, 6) is -1.20. The summed E-state index contributed by atoms with van der Waals surface area (Å²) < 4.78 is 0. The Labute approximate surface area is 209 Å². The molecule has 0 aliphatic heterocycles. The summed E-state index contributed by atoms with van der Waals surface area (Å²) in [6, 6.07) is 22.2. The van der Waals surface area contributed by atoms with E-state index in [-0.39, 0.29) is 18.9 Å². The third-order valence-electron chi connectivity index (χ3n) is 5.80. The van der Waals surface area contributed by atoms with Gasteiger partial charge in [0.05, 0.1) is 12.1 Å². The lowest BCUT2D eigenvalue weighted by Gasteiger charge is -2.22. The summed E-state index contributed by atoms with van der Waals surface area (Å²) in [5, 5.41) is 16.9. The average Bonchev–Trinajstić information content (AvgIpc) is 3.36. The number of carboxylic acid groups (broad SMARTS) is 1. The zero-order valence-electron chi connectivity index (χ0n) is 19.7. The second-order valence-electron chi connectivity index (χ2n) is 8.45. The van der Waals surface area contributed by atoms with Crippen molar-refractivity contribution in [1.82, 2.24) is 10.3 Å². The number of amides is 1. The van der Waals surface area contributed by atoms with Gasteiger partial charge in [-0.3, -0.25) is 9.59 Å². The van der Waals surface area contributed by atoms with Crippen molar-refractivity contribution in [1.29, 1.82) is 0 Å². The van der Waals surface area contributed by atoms with Crippen LogP contribution in [0.1, 0.15) is 42.1 Å². The van der Waals surface area contributed by atoms with Crippen molar-refractivity contribution in [3.05, 3.63) is 83.2 Å². The number of nitrogens with zero attached hydrogens (tertiary/aromatic N) is 2. The molecule has 4 rings (SSSR count). The predicted octanol–water partition coefficient (Wildman–Crippen LogP) is 5.97. The lowest BCUT2D eigenvalue weighted by Crippen LogP contribution is -2.26. The fourth-order valence-electron chi connectivity index (χ4n) is 3.85. The Morgan fingerprint density at radius 3 is 2.54 bits per heavy atom. The number of carbonyl (C=O) groups excluding carboxylic acids is 1. The molecule has 1 heterocycles. The highest BCUT2D eigenvalue weighted by atomic mass is 32.1. The van der Waals surface area contributed by atoms with Crippen LogP contribution in [0.15, 0.2) is 72.1 Å². The summed E-state index contributed by atoms with van der Waals surface area (Å²) in [7, 11) is 0. The maximum absolute atomic E-state index is 12.2. The number of carbonyl (C=O) groups is 2. The topological polar surface area (TPSA) is 82.5 Å². The Kier molecular flexibility index (Phi) is 8.11. The maximum Gasteiger partial charge on any atom is 0.305 e. The molecule has 1 aromatic heterocycles. The van der Waals surface area contributed by atoms with Gasteiger partial charge in [0.15, 0.2) is 5.13 Å². The summed E-state index contributed by atoms with van der Waals surface area (Å²) >= 11 is 1.65. The van der Waals surface area contributed by atoms with E-state index in [2.05, 4.69) is 58.9 Å². The molecule has 0 atom stereocenters. The van der Waals surface area contributed by atoms with Gasteiger partial charge in [-0.25, -0.2) is 4.98 Å². The molecule has 6 nitrogen and oxygen atoms in total. The van der Waals surface area contributed by atoms with Crippen LogP contribution in [0, 0.1) is 0 Å². The highest BCUT2D eigenvalue weighted by molar-refractivity contribution is 7.14. The standard InChI is InChI=1S/C28H29N3O3S/c1-2-3-16-31(18-20-8-10-22(11-9-20)27(34)29-15-14-26(32)33)28-30-25(19-35-28)24-13-12-21-6-4-5-7-23(21)17-24/h4-13,17,19H,2-3,14-16,18H2,1H3,(H,29,34)(H,32,33). The molecule has 35 heavy (non-hydrogen) atoms. The number of aliphatic carboxylic acids is 1. The Morgan fingerprint density at radius 1 is 1.03 bits per heavy atom. The van der Waals surface area contributed by atoms with E-state index in [4.69, 9.17) is 10.1 Å². The van der Waals surface area contributed by atoms with E-state index >= 15 is 0 Å². The van der Waals surface area contributed by atoms with E-state index in [1.165, 1.54) is 10.8 Å². The van der Waals surface area contributed by atoms with Crippen LogP contribution in [0.2, 0.25) is 0 Å². The first-order valence-electron chi connectivity index (χ1n) is 11.8. The molecule has 0 saturated heterocycles. The number of aromatic nitrogens is 1. The SMILES string of the molecule is CCCCN(Cc1ccc(C(=O)NCCC(=O)O)cc1)c1nc(-c2ccc3ccccc3c2)cs1. The van der Waals surface area contributed by atoms with Gasteiger partial charge in [0.2, 0.25) is 0 Å². The van der Waals surface area contributed by atoms with Gasteiger partial charge in [0, 0.05) is 36.1 Å². The fourth-order valence-corrected chi connectivity index (χ4v) is 4.71. The second-order valence-corrected chi connectivity index (χ2v) is 9.29. The van der Waals surface area contributed by atoms with Gasteiger partial charge >= 0.3 is 5.97 Å². The van der Waals surface area contributed by atoms with E-state index in [0.29, 0.717) is 12.1 Å². The Bertz CT molecular complexity index is 1300. The highest BCUT2D eigenvalue weighted by Crippen LogP contribution is 2.30. The zero-order chi connectivity index (χ0) is 24.6. The van der Waals surface area contributed by atoms with Crippen LogP contribution in [-0.4, -0.2) is 35.1 Å². The number of unbranched alkanes of at least 4 members (excludes halogenated alkanes) is 1. The quantitative estimate of drug-likeness (QED) is 0.272. The first-order chi connectivity index (χ1) is 17.0. The summed E-state index contributed by atoms with van der Waals surface area (Å²) in [6.07, 6.45) is 2.06. The molecule has 180 valence electrons. The van der Waals surface area contributed by atoms with Crippen molar-refractivity contribution in [2.24, 2.45) is 0 Å². The minimum atomic E-state index is -0.932. The van der Waals surface area contributed by atoms with Gasteiger partial charge in [-0.2, -0.15) is 0 Å². The molecular formula is C28H29N3O3S. The number of hydrogen-bond donors (Lipinski definition) is 2. The van der Waals surface area contributed by atoms with Gasteiger partial charge in [0.25, 0.3) is 5.91 Å². The van der Waals surface area contributed by atoms with Crippen LogP contribution >= 0.6 is 11.3 Å². The van der Waals surface area contributed by atoms with Gasteiger partial charge in [0.1, 0.15) is 0 Å². The van der Waals surface area contributed by atoms with E-state index in [1.54, 1.807) is 23.5 Å². The average molecular weight is 488 g/mol. The molecule has 4 aromatic rings. The van der Waals surface area contributed by atoms with Crippen LogP contribution in [-0.2, 0) is 11.3 Å². The Balaban J connectivity index is 1.47. The number of rotatable bonds is 11. The number of carboxylic acids is 1. The fraction of sp³-hybridized carbons (Fsp3) is 0.250. The van der Waals surface area contributed by atoms with Crippen molar-refractivity contribution in [3.8, 4) is 11.3 Å². The lowest BCUT2D eigenvalue weighted by atomic mass is 10.1. The normalized spacial score (nSPS) is 10.9. The summed E-state index contributed by atoms with van der Waals surface area (Å²) in [5.41, 5.74) is 3.70. The van der Waals surface area contributed by atoms with Crippen molar-refractivity contribution in [2.75, 3.05) is 18.0 Å². The number of hydrogen-bond acceptors (Lipinski definition) is 5. The number of nitrogens with one attached hydrogen (secondary N) is 1. The number of fused-ring (bicyclic) bond motifs is 1. The molecule has 1 amide bonds. The molecule has 0 saturated carbocycles. The molecule has 0 aliphatic rings. The van der Waals surface area contributed by atoms with Crippen LogP contribution in [0.4, 0.5) is 5.13 Å². The van der Waals surface area contributed by atoms with E-state index in [0.717, 1.165) is 41.3 Å². The van der Waals surface area contributed by atoms with Gasteiger partial charge in [-0.1, -0.05) is 61.9 Å². The zero-order valence-corrected chi connectivity index (χ0v) is 20.6. The van der Waals surface area contributed by atoms with Gasteiger partial charge < -0.3 is 15.3 Å². The third-order valence-corrected chi connectivity index (χ3v) is 6.70. The molecule has 0 bridgehead atoms. The Hall–Kier alpha value is -3.71. The minimum absolute atomic E-state index is 0.0920. The summed E-state index contributed by atoms with van der Waals surface area (Å²) in [4.78, 5) is 30.1. The maximum atomic E-state index is 12.2. The van der Waals surface area contributed by atoms with Gasteiger partial charge in [-0.05, 0) is 41.0 Å². The molecular weight excluding hydrogens is 458 g/mol. The van der Waals surface area contributed by atoms with Crippen LogP contribution in [0.25, 0.3) is 22.0 Å². The summed E-state index contributed by atoms with van der Waals surface area (Å²) in [6.45, 7) is 3.90. The van der Waals surface area contributed by atoms with Gasteiger partial charge in [-0.15, -0.1) is 11.3 Å². The van der Waals surface area contributed by atoms with Crippen molar-refractivity contribution < 1.29 is 14.7 Å². The third kappa shape index (κ3) is 6.45. The molecule has 0 spiro atoms. The molecule has 0 fully saturated rings. The van der Waals surface area contributed by atoms with E-state index in [9.17, 15) is 9.59 Å². The highest BCUT2D eigenvalue weighted by Gasteiger charge is 2.14. The molecule has 3 aromatic carbocycles. The molecule has 0 aliphatic carbocycles. The van der Waals surface area contributed by atoms with Crippen LogP contribution < -0.4 is 10.2 Å². The first kappa shape index (κ1) is 24.4. The smallest absolute Gasteiger partial charge is 0.305 e. The molecule has 2 N–H and O–H groups in total. The van der Waals surface area contributed by atoms with Crippen molar-refractivity contribution >= 4 is 39.1 Å². The molecule has 0 unspecified atom stereocenters. The van der Waals surface area contributed by atoms with E-state index < -0.39 is 5.97 Å². The Morgan fingerprint density at radius 2 is 1.80 bits per heavy atom. The second kappa shape index (κ2) is 11.6. The number of thiazole rings is 1. The van der Waals surface area contributed by atoms with E-state index in [1.807, 2.05) is 18.2 Å². The number of anilines is 1. The largest absolute Gasteiger partial charge is 0.481 e. The first-order valence-corrected chi connectivity index (χ1v) is 12.7. The monoisotopic (exact) mass is 487 g/mol. The molecule has 0 radical (unpaired) electrons. The van der Waals surface area contributed by atoms with Crippen LogP contribution in [0.5, 0.6) is 0 Å². The number of benzene rings is 3. The van der Waals surface area contributed by atoms with Crippen molar-refractivity contribution in [2.45, 2.75) is 32.7 Å². The minimum Gasteiger partial charge on any atom is -0.481 e.